The van der Waals surface area contributed by atoms with Crippen LogP contribution in [0.5, 0.6) is 0 Å². The van der Waals surface area contributed by atoms with Crippen LogP contribution in [0.4, 0.5) is 0 Å². The van der Waals surface area contributed by atoms with Gasteiger partial charge in [-0.15, -0.1) is 0 Å². The summed E-state index contributed by atoms with van der Waals surface area (Å²) in [4.78, 5) is 18.9. The summed E-state index contributed by atoms with van der Waals surface area (Å²) in [6, 6.07) is 14.8. The van der Waals surface area contributed by atoms with Crippen LogP contribution in [0.3, 0.4) is 0 Å². The highest BCUT2D eigenvalue weighted by Gasteiger charge is 2.26. The molecule has 1 saturated heterocycles. The first-order chi connectivity index (χ1) is 13.6. The van der Waals surface area contributed by atoms with Gasteiger partial charge in [-0.05, 0) is 48.7 Å². The van der Waals surface area contributed by atoms with E-state index in [0.29, 0.717) is 29.6 Å². The zero-order chi connectivity index (χ0) is 19.5. The molecule has 5 nitrogen and oxygen atoms in total. The van der Waals surface area contributed by atoms with E-state index in [4.69, 9.17) is 21.3 Å². The lowest BCUT2D eigenvalue weighted by molar-refractivity contribution is -0.127. The molecule has 0 saturated carbocycles. The maximum atomic E-state index is 12.5. The van der Waals surface area contributed by atoms with Crippen LogP contribution in [-0.4, -0.2) is 28.9 Å². The molecular weight excluding hydrogens is 374 g/mol. The smallest absolute Gasteiger partial charge is 0.246 e. The lowest BCUT2D eigenvalue weighted by atomic mass is 9.96. The van der Waals surface area contributed by atoms with E-state index in [1.807, 2.05) is 29.2 Å². The molecule has 0 bridgehead atoms. The molecule has 0 radical (unpaired) electrons. The fourth-order valence-electron chi connectivity index (χ4n) is 3.45. The van der Waals surface area contributed by atoms with Crippen molar-refractivity contribution in [1.29, 1.82) is 5.26 Å². The van der Waals surface area contributed by atoms with Gasteiger partial charge in [-0.3, -0.25) is 4.79 Å². The molecule has 0 N–H and O–H groups in total. The standard InChI is InChI=1S/C22H18ClN3O2/c23-18-6-7-20-19(13-18)25-22(28-20)16-9-11-26(12-10-16)21(27)8-5-15-3-1-2-4-17(15)14-24/h1-8,13,16H,9-12H2/b8-5+. The molecule has 0 aliphatic carbocycles. The van der Waals surface area contributed by atoms with Crippen molar-refractivity contribution in [3.8, 4) is 6.07 Å². The Morgan fingerprint density at radius 2 is 2.04 bits per heavy atom. The quantitative estimate of drug-likeness (QED) is 0.603. The number of hydrogen-bond donors (Lipinski definition) is 0. The monoisotopic (exact) mass is 391 g/mol. The summed E-state index contributed by atoms with van der Waals surface area (Å²) in [6.45, 7) is 1.29. The summed E-state index contributed by atoms with van der Waals surface area (Å²) in [5.41, 5.74) is 2.80. The number of carbonyl (C=O) groups excluding carboxylic acids is 1. The number of piperidine rings is 1. The minimum atomic E-state index is -0.0458. The van der Waals surface area contributed by atoms with Gasteiger partial charge >= 0.3 is 0 Å². The van der Waals surface area contributed by atoms with Gasteiger partial charge < -0.3 is 9.32 Å². The Morgan fingerprint density at radius 1 is 1.25 bits per heavy atom. The Morgan fingerprint density at radius 3 is 2.82 bits per heavy atom. The van der Waals surface area contributed by atoms with Gasteiger partial charge in [0.15, 0.2) is 11.5 Å². The van der Waals surface area contributed by atoms with Gasteiger partial charge in [0.2, 0.25) is 5.91 Å². The number of aromatic nitrogens is 1. The molecule has 1 amide bonds. The molecule has 1 aliphatic rings. The Balaban J connectivity index is 1.40. The van der Waals surface area contributed by atoms with E-state index >= 15 is 0 Å². The van der Waals surface area contributed by atoms with Crippen LogP contribution in [0.15, 0.2) is 53.0 Å². The predicted molar refractivity (Wildman–Crippen MR) is 108 cm³/mol. The van der Waals surface area contributed by atoms with Gasteiger partial charge in [0.05, 0.1) is 11.6 Å². The van der Waals surface area contributed by atoms with E-state index in [0.717, 1.165) is 29.5 Å². The zero-order valence-corrected chi connectivity index (χ0v) is 15.9. The van der Waals surface area contributed by atoms with Gasteiger partial charge in [0, 0.05) is 30.1 Å². The number of amides is 1. The molecule has 1 aromatic heterocycles. The number of fused-ring (bicyclic) bond motifs is 1. The van der Waals surface area contributed by atoms with Crippen LogP contribution >= 0.6 is 11.6 Å². The number of nitriles is 1. The summed E-state index contributed by atoms with van der Waals surface area (Å²) in [5.74, 6) is 0.858. The average molecular weight is 392 g/mol. The first-order valence-corrected chi connectivity index (χ1v) is 9.54. The number of likely N-dealkylation sites (tertiary alicyclic amines) is 1. The summed E-state index contributed by atoms with van der Waals surface area (Å²) >= 11 is 6.01. The van der Waals surface area contributed by atoms with Crippen molar-refractivity contribution >= 4 is 34.7 Å². The second-order valence-corrected chi connectivity index (χ2v) is 7.23. The fourth-order valence-corrected chi connectivity index (χ4v) is 3.62. The minimum Gasteiger partial charge on any atom is -0.440 e. The second-order valence-electron chi connectivity index (χ2n) is 6.80. The third-order valence-corrected chi connectivity index (χ3v) is 5.24. The summed E-state index contributed by atoms with van der Waals surface area (Å²) < 4.78 is 5.87. The summed E-state index contributed by atoms with van der Waals surface area (Å²) in [6.07, 6.45) is 4.85. The molecule has 28 heavy (non-hydrogen) atoms. The molecule has 4 rings (SSSR count). The molecule has 0 unspecified atom stereocenters. The fraction of sp³-hybridized carbons (Fsp3) is 0.227. The van der Waals surface area contributed by atoms with Crippen molar-refractivity contribution in [3.05, 3.63) is 70.6 Å². The van der Waals surface area contributed by atoms with Crippen molar-refractivity contribution in [3.63, 3.8) is 0 Å². The number of halogens is 1. The van der Waals surface area contributed by atoms with Crippen molar-refractivity contribution < 1.29 is 9.21 Å². The highest BCUT2D eigenvalue weighted by Crippen LogP contribution is 2.31. The SMILES string of the molecule is N#Cc1ccccc1/C=C/C(=O)N1CCC(c2nc3cc(Cl)ccc3o2)CC1. The van der Waals surface area contributed by atoms with Gasteiger partial charge in [-0.1, -0.05) is 29.8 Å². The normalized spacial score (nSPS) is 15.2. The summed E-state index contributed by atoms with van der Waals surface area (Å²) in [5, 5.41) is 9.77. The topological polar surface area (TPSA) is 70.1 Å². The lowest BCUT2D eigenvalue weighted by Gasteiger charge is -2.29. The number of oxazole rings is 1. The first-order valence-electron chi connectivity index (χ1n) is 9.16. The lowest BCUT2D eigenvalue weighted by Crippen LogP contribution is -2.36. The predicted octanol–water partition coefficient (Wildman–Crippen LogP) is 4.77. The molecule has 3 aromatic rings. The third-order valence-electron chi connectivity index (χ3n) is 5.01. The Kier molecular flexibility index (Phi) is 5.14. The van der Waals surface area contributed by atoms with Crippen molar-refractivity contribution in [2.75, 3.05) is 13.1 Å². The number of carbonyl (C=O) groups is 1. The highest BCUT2D eigenvalue weighted by atomic mass is 35.5. The average Bonchev–Trinajstić information content (AvgIpc) is 3.15. The minimum absolute atomic E-state index is 0.0458. The van der Waals surface area contributed by atoms with Gasteiger partial charge in [-0.25, -0.2) is 4.98 Å². The molecule has 0 atom stereocenters. The van der Waals surface area contributed by atoms with Crippen molar-refractivity contribution in [1.82, 2.24) is 9.88 Å². The van der Waals surface area contributed by atoms with Gasteiger partial charge in [-0.2, -0.15) is 5.26 Å². The van der Waals surface area contributed by atoms with E-state index in [-0.39, 0.29) is 11.8 Å². The van der Waals surface area contributed by atoms with Crippen LogP contribution in [0.1, 0.15) is 35.8 Å². The van der Waals surface area contributed by atoms with E-state index < -0.39 is 0 Å². The van der Waals surface area contributed by atoms with Crippen molar-refractivity contribution in [2.45, 2.75) is 18.8 Å². The number of benzene rings is 2. The van der Waals surface area contributed by atoms with Gasteiger partial charge in [0.25, 0.3) is 0 Å². The van der Waals surface area contributed by atoms with E-state index in [9.17, 15) is 4.79 Å². The molecule has 0 spiro atoms. The molecule has 1 fully saturated rings. The van der Waals surface area contributed by atoms with Crippen LogP contribution in [0.25, 0.3) is 17.2 Å². The second kappa shape index (κ2) is 7.87. The first kappa shape index (κ1) is 18.3. The Labute approximate surface area is 167 Å². The van der Waals surface area contributed by atoms with Gasteiger partial charge in [0.1, 0.15) is 5.52 Å². The molecule has 1 aliphatic heterocycles. The van der Waals surface area contributed by atoms with Crippen molar-refractivity contribution in [2.24, 2.45) is 0 Å². The molecular formula is C22H18ClN3O2. The third kappa shape index (κ3) is 3.78. The number of hydrogen-bond acceptors (Lipinski definition) is 4. The van der Waals surface area contributed by atoms with Crippen LogP contribution in [0, 0.1) is 11.3 Å². The highest BCUT2D eigenvalue weighted by molar-refractivity contribution is 6.31. The number of rotatable bonds is 3. The number of nitrogens with zero attached hydrogens (tertiary/aromatic N) is 3. The Bertz CT molecular complexity index is 1090. The van der Waals surface area contributed by atoms with E-state index in [2.05, 4.69) is 11.1 Å². The maximum absolute atomic E-state index is 12.5. The van der Waals surface area contributed by atoms with Crippen LogP contribution in [-0.2, 0) is 4.79 Å². The zero-order valence-electron chi connectivity index (χ0n) is 15.1. The molecule has 140 valence electrons. The van der Waals surface area contributed by atoms with Crippen LogP contribution < -0.4 is 0 Å². The molecule has 6 heteroatoms. The van der Waals surface area contributed by atoms with Crippen LogP contribution in [0.2, 0.25) is 5.02 Å². The van der Waals surface area contributed by atoms with E-state index in [1.165, 1.54) is 6.08 Å². The largest absolute Gasteiger partial charge is 0.440 e. The maximum Gasteiger partial charge on any atom is 0.246 e. The Hall–Kier alpha value is -3.10. The molecule has 2 heterocycles. The molecule has 2 aromatic carbocycles. The summed E-state index contributed by atoms with van der Waals surface area (Å²) in [7, 11) is 0. The van der Waals surface area contributed by atoms with E-state index in [1.54, 1.807) is 24.3 Å².